The van der Waals surface area contributed by atoms with Gasteiger partial charge in [0.2, 0.25) is 0 Å². The highest BCUT2D eigenvalue weighted by molar-refractivity contribution is 5.30. The maximum atomic E-state index is 3.96. The van der Waals surface area contributed by atoms with E-state index in [1.807, 2.05) is 41.1 Å². The molecule has 3 rings (SSSR count). The third kappa shape index (κ3) is 2.81. The van der Waals surface area contributed by atoms with Crippen LogP contribution in [-0.2, 0) is 0 Å². The van der Waals surface area contributed by atoms with Crippen LogP contribution in [0.3, 0.4) is 0 Å². The number of aromatic nitrogens is 4. The smallest absolute Gasteiger partial charge is 0.0991 e. The number of hydrogen-bond acceptors (Lipinski definition) is 2. The van der Waals surface area contributed by atoms with Crippen molar-refractivity contribution in [3.63, 3.8) is 0 Å². The minimum Gasteiger partial charge on any atom is -0.351 e. The molecule has 4 heteroatoms. The molecule has 3 aromatic rings. The highest BCUT2D eigenvalue weighted by atomic mass is 15.0. The van der Waals surface area contributed by atoms with E-state index >= 15 is 0 Å². The van der Waals surface area contributed by atoms with Gasteiger partial charge in [0.05, 0.1) is 12.7 Å². The van der Waals surface area contributed by atoms with E-state index in [4.69, 9.17) is 0 Å². The average molecular weight is 212 g/mol. The molecule has 0 saturated heterocycles. The lowest BCUT2D eigenvalue weighted by molar-refractivity contribution is 1.06. The van der Waals surface area contributed by atoms with Crippen LogP contribution in [0, 0.1) is 0 Å². The second-order valence-electron chi connectivity index (χ2n) is 3.07. The molecule has 80 valence electrons. The van der Waals surface area contributed by atoms with Gasteiger partial charge in [-0.3, -0.25) is 0 Å². The predicted octanol–water partition coefficient (Wildman–Crippen LogP) is 2.28. The Morgan fingerprint density at radius 3 is 2.38 bits per heavy atom. The average Bonchev–Trinajstić information content (AvgIpc) is 3.07. The number of hydrogen-bond donors (Lipinski definition) is 1. The van der Waals surface area contributed by atoms with Crippen LogP contribution in [0.4, 0.5) is 0 Å². The maximum absolute atomic E-state index is 3.96. The molecule has 0 unspecified atom stereocenters. The molecule has 0 amide bonds. The van der Waals surface area contributed by atoms with Gasteiger partial charge in [0.15, 0.2) is 0 Å². The first-order valence-corrected chi connectivity index (χ1v) is 4.93. The van der Waals surface area contributed by atoms with E-state index in [0.717, 1.165) is 5.69 Å². The van der Waals surface area contributed by atoms with Gasteiger partial charge < -0.3 is 9.55 Å². The van der Waals surface area contributed by atoms with Gasteiger partial charge >= 0.3 is 0 Å². The summed E-state index contributed by atoms with van der Waals surface area (Å²) in [5, 5.41) is 0. The van der Waals surface area contributed by atoms with Gasteiger partial charge in [-0.15, -0.1) is 0 Å². The Bertz CT molecular complexity index is 454. The summed E-state index contributed by atoms with van der Waals surface area (Å²) in [5.41, 5.74) is 1.14. The van der Waals surface area contributed by atoms with Gasteiger partial charge in [-0.05, 0) is 12.1 Å². The Hall–Kier alpha value is -2.36. The van der Waals surface area contributed by atoms with Gasteiger partial charge in [0.1, 0.15) is 0 Å². The lowest BCUT2D eigenvalue weighted by atomic mass is 10.3. The van der Waals surface area contributed by atoms with Crippen molar-refractivity contribution in [2.45, 2.75) is 0 Å². The Balaban J connectivity index is 0.000000162. The van der Waals surface area contributed by atoms with Crippen molar-refractivity contribution < 1.29 is 0 Å². The number of para-hydroxylation sites is 1. The first-order chi connectivity index (χ1) is 7.97. The van der Waals surface area contributed by atoms with Gasteiger partial charge in [0, 0.05) is 30.5 Å². The normalized spacial score (nSPS) is 9.25. The van der Waals surface area contributed by atoms with E-state index in [-0.39, 0.29) is 0 Å². The summed E-state index contributed by atoms with van der Waals surface area (Å²) in [6.07, 6.45) is 10.6. The van der Waals surface area contributed by atoms with E-state index < -0.39 is 0 Å². The topological polar surface area (TPSA) is 46.5 Å². The van der Waals surface area contributed by atoms with Crippen molar-refractivity contribution in [2.75, 3.05) is 0 Å². The largest absolute Gasteiger partial charge is 0.351 e. The Kier molecular flexibility index (Phi) is 3.50. The standard InChI is InChI=1S/C9H8N2.C3H4N2/c1-2-4-9(5-3-1)11-7-6-10-8-11;1-2-5-3-4-1/h1-8H;1-3H,(H,4,5). The number of benzene rings is 1. The van der Waals surface area contributed by atoms with E-state index in [0.29, 0.717) is 0 Å². The minimum atomic E-state index is 1.14. The molecule has 4 nitrogen and oxygen atoms in total. The van der Waals surface area contributed by atoms with Crippen molar-refractivity contribution in [3.8, 4) is 5.69 Å². The lowest BCUT2D eigenvalue weighted by Gasteiger charge is -1.98. The summed E-state index contributed by atoms with van der Waals surface area (Å²) in [7, 11) is 0. The van der Waals surface area contributed by atoms with Crippen LogP contribution in [0.1, 0.15) is 0 Å². The highest BCUT2D eigenvalue weighted by Crippen LogP contribution is 2.04. The lowest BCUT2D eigenvalue weighted by Crippen LogP contribution is -1.87. The van der Waals surface area contributed by atoms with Crippen LogP contribution in [0.5, 0.6) is 0 Å². The quantitative estimate of drug-likeness (QED) is 0.672. The van der Waals surface area contributed by atoms with Crippen molar-refractivity contribution in [3.05, 3.63) is 67.8 Å². The molecule has 1 N–H and O–H groups in total. The summed E-state index contributed by atoms with van der Waals surface area (Å²) in [6.45, 7) is 0. The number of aromatic amines is 1. The van der Waals surface area contributed by atoms with Gasteiger partial charge in [-0.25, -0.2) is 9.97 Å². The fourth-order valence-corrected chi connectivity index (χ4v) is 1.23. The molecule has 0 radical (unpaired) electrons. The molecule has 0 aliphatic carbocycles. The molecule has 2 aromatic heterocycles. The summed E-state index contributed by atoms with van der Waals surface area (Å²) < 4.78 is 1.97. The minimum absolute atomic E-state index is 1.14. The molecule has 2 heterocycles. The number of H-pyrrole nitrogens is 1. The van der Waals surface area contributed by atoms with Crippen LogP contribution in [0.2, 0.25) is 0 Å². The first-order valence-electron chi connectivity index (χ1n) is 4.93. The first kappa shape index (κ1) is 10.2. The number of rotatable bonds is 1. The van der Waals surface area contributed by atoms with Crippen LogP contribution in [0.15, 0.2) is 67.8 Å². The molecule has 0 fully saturated rings. The second kappa shape index (κ2) is 5.50. The SMILES string of the molecule is c1c[nH]cn1.c1ccc(-n2ccnc2)cc1. The van der Waals surface area contributed by atoms with Crippen LogP contribution in [-0.4, -0.2) is 19.5 Å². The zero-order valence-corrected chi connectivity index (χ0v) is 8.69. The number of imidazole rings is 2. The van der Waals surface area contributed by atoms with E-state index in [9.17, 15) is 0 Å². The molecule has 16 heavy (non-hydrogen) atoms. The highest BCUT2D eigenvalue weighted by Gasteiger charge is 1.89. The molecule has 0 aliphatic heterocycles. The van der Waals surface area contributed by atoms with Crippen LogP contribution in [0.25, 0.3) is 5.69 Å². The van der Waals surface area contributed by atoms with E-state index in [1.165, 1.54) is 0 Å². The molecular formula is C12H12N4. The van der Waals surface area contributed by atoms with Crippen LogP contribution < -0.4 is 0 Å². The van der Waals surface area contributed by atoms with Crippen molar-refractivity contribution in [2.24, 2.45) is 0 Å². The molecule has 0 atom stereocenters. The maximum Gasteiger partial charge on any atom is 0.0991 e. The fraction of sp³-hybridized carbons (Fsp3) is 0. The Morgan fingerprint density at radius 1 is 1.00 bits per heavy atom. The Labute approximate surface area is 93.6 Å². The predicted molar refractivity (Wildman–Crippen MR) is 62.2 cm³/mol. The summed E-state index contributed by atoms with van der Waals surface area (Å²) in [4.78, 5) is 10.4. The van der Waals surface area contributed by atoms with Crippen molar-refractivity contribution >= 4 is 0 Å². The van der Waals surface area contributed by atoms with Gasteiger partial charge in [0.25, 0.3) is 0 Å². The van der Waals surface area contributed by atoms with Crippen LogP contribution >= 0.6 is 0 Å². The number of nitrogens with one attached hydrogen (secondary N) is 1. The number of nitrogens with zero attached hydrogens (tertiary/aromatic N) is 3. The second-order valence-corrected chi connectivity index (χ2v) is 3.07. The molecule has 0 aliphatic rings. The van der Waals surface area contributed by atoms with Gasteiger partial charge in [-0.1, -0.05) is 18.2 Å². The van der Waals surface area contributed by atoms with E-state index in [1.54, 1.807) is 31.2 Å². The van der Waals surface area contributed by atoms with Crippen molar-refractivity contribution in [1.29, 1.82) is 0 Å². The zero-order chi connectivity index (χ0) is 11.1. The fourth-order valence-electron chi connectivity index (χ4n) is 1.23. The summed E-state index contributed by atoms with van der Waals surface area (Å²) in [6, 6.07) is 10.1. The third-order valence-corrected chi connectivity index (χ3v) is 1.96. The third-order valence-electron chi connectivity index (χ3n) is 1.96. The Morgan fingerprint density at radius 2 is 1.88 bits per heavy atom. The summed E-state index contributed by atoms with van der Waals surface area (Å²) >= 11 is 0. The molecule has 0 bridgehead atoms. The summed E-state index contributed by atoms with van der Waals surface area (Å²) in [5.74, 6) is 0. The van der Waals surface area contributed by atoms with E-state index in [2.05, 4.69) is 15.0 Å². The molecule has 1 aromatic carbocycles. The molecular weight excluding hydrogens is 200 g/mol. The zero-order valence-electron chi connectivity index (χ0n) is 8.69. The van der Waals surface area contributed by atoms with Gasteiger partial charge in [-0.2, -0.15) is 0 Å². The molecule has 0 spiro atoms. The molecule has 0 saturated carbocycles. The van der Waals surface area contributed by atoms with Crippen molar-refractivity contribution in [1.82, 2.24) is 19.5 Å². The monoisotopic (exact) mass is 212 g/mol.